The van der Waals surface area contributed by atoms with E-state index in [1.165, 1.54) is 24.3 Å². The van der Waals surface area contributed by atoms with Gasteiger partial charge in [-0.1, -0.05) is 63.6 Å². The molecule has 0 bridgehead atoms. The van der Waals surface area contributed by atoms with Crippen molar-refractivity contribution in [2.45, 2.75) is 70.6 Å². The van der Waals surface area contributed by atoms with Crippen molar-refractivity contribution >= 4 is 35.5 Å². The zero-order valence-corrected chi connectivity index (χ0v) is 24.3. The van der Waals surface area contributed by atoms with E-state index in [9.17, 15) is 28.7 Å². The van der Waals surface area contributed by atoms with E-state index in [0.29, 0.717) is 23.6 Å². The summed E-state index contributed by atoms with van der Waals surface area (Å²) in [5.41, 5.74) is 0.465. The Labute approximate surface area is 244 Å². The maximum Gasteiger partial charge on any atom is 0.408 e. The SMILES string of the molecule is CC(C)C[C@H](NC(=O)OC(c1ccc(F)cc1)C(C)(C)c1cccc(Cl)c1)C(=O)N[C@@H](CC1CCNC1=O)C(=O)O. The Morgan fingerprint density at radius 3 is 2.37 bits per heavy atom. The number of amides is 3. The van der Waals surface area contributed by atoms with Gasteiger partial charge in [-0.3, -0.25) is 9.59 Å². The fourth-order valence-corrected chi connectivity index (χ4v) is 5.13. The fourth-order valence-electron chi connectivity index (χ4n) is 4.94. The van der Waals surface area contributed by atoms with E-state index in [1.807, 2.05) is 33.8 Å². The van der Waals surface area contributed by atoms with Crippen molar-refractivity contribution in [3.8, 4) is 0 Å². The lowest BCUT2D eigenvalue weighted by Crippen LogP contribution is -2.53. The largest absolute Gasteiger partial charge is 0.480 e. The monoisotopic (exact) mass is 589 g/mol. The zero-order valence-electron chi connectivity index (χ0n) is 23.6. The van der Waals surface area contributed by atoms with E-state index >= 15 is 0 Å². The maximum absolute atomic E-state index is 13.7. The normalized spacial score (nSPS) is 17.3. The van der Waals surface area contributed by atoms with Gasteiger partial charge in [0.25, 0.3) is 0 Å². The Morgan fingerprint density at radius 2 is 1.80 bits per heavy atom. The number of aliphatic carboxylic acids is 1. The minimum Gasteiger partial charge on any atom is -0.480 e. The van der Waals surface area contributed by atoms with Crippen molar-refractivity contribution in [1.29, 1.82) is 0 Å². The van der Waals surface area contributed by atoms with E-state index in [4.69, 9.17) is 16.3 Å². The van der Waals surface area contributed by atoms with Crippen LogP contribution in [0.1, 0.15) is 64.2 Å². The number of halogens is 2. The van der Waals surface area contributed by atoms with Gasteiger partial charge in [0.15, 0.2) is 0 Å². The number of benzene rings is 2. The van der Waals surface area contributed by atoms with Gasteiger partial charge in [-0.05, 0) is 60.6 Å². The lowest BCUT2D eigenvalue weighted by atomic mass is 9.76. The molecule has 2 aromatic rings. The molecule has 1 saturated heterocycles. The molecule has 1 aliphatic heterocycles. The van der Waals surface area contributed by atoms with Crippen molar-refractivity contribution in [2.24, 2.45) is 11.8 Å². The molecule has 2 unspecified atom stereocenters. The second-order valence-electron chi connectivity index (χ2n) is 11.3. The van der Waals surface area contributed by atoms with Crippen LogP contribution in [-0.4, -0.2) is 47.6 Å². The number of ether oxygens (including phenoxy) is 1. The van der Waals surface area contributed by atoms with E-state index in [-0.39, 0.29) is 24.7 Å². The van der Waals surface area contributed by atoms with Crippen LogP contribution in [0.2, 0.25) is 5.02 Å². The van der Waals surface area contributed by atoms with E-state index in [1.54, 1.807) is 18.2 Å². The average Bonchev–Trinajstić information content (AvgIpc) is 3.30. The van der Waals surface area contributed by atoms with E-state index < -0.39 is 53.3 Å². The summed E-state index contributed by atoms with van der Waals surface area (Å²) in [6.45, 7) is 7.88. The summed E-state index contributed by atoms with van der Waals surface area (Å²) in [6, 6.07) is 10.3. The van der Waals surface area contributed by atoms with Crippen molar-refractivity contribution in [3.05, 3.63) is 70.5 Å². The van der Waals surface area contributed by atoms with Crippen LogP contribution in [0, 0.1) is 17.7 Å². The zero-order chi connectivity index (χ0) is 30.3. The van der Waals surface area contributed by atoms with Gasteiger partial charge < -0.3 is 25.8 Å². The number of carbonyl (C=O) groups is 4. The second-order valence-corrected chi connectivity index (χ2v) is 11.7. The molecule has 3 amide bonds. The van der Waals surface area contributed by atoms with Gasteiger partial charge in [-0.25, -0.2) is 14.0 Å². The van der Waals surface area contributed by atoms with Crippen molar-refractivity contribution in [2.75, 3.05) is 6.54 Å². The summed E-state index contributed by atoms with van der Waals surface area (Å²) in [5, 5.41) is 17.9. The quantitative estimate of drug-likeness (QED) is 0.283. The Balaban J connectivity index is 1.82. The lowest BCUT2D eigenvalue weighted by Gasteiger charge is -2.35. The number of carbonyl (C=O) groups excluding carboxylic acids is 3. The molecule has 41 heavy (non-hydrogen) atoms. The molecular weight excluding hydrogens is 553 g/mol. The summed E-state index contributed by atoms with van der Waals surface area (Å²) in [6.07, 6.45) is -1.19. The van der Waals surface area contributed by atoms with Gasteiger partial charge in [0.1, 0.15) is 24.0 Å². The van der Waals surface area contributed by atoms with E-state index in [2.05, 4.69) is 16.0 Å². The highest BCUT2D eigenvalue weighted by molar-refractivity contribution is 6.30. The summed E-state index contributed by atoms with van der Waals surface area (Å²) in [4.78, 5) is 50.4. The minimum absolute atomic E-state index is 0.0364. The van der Waals surface area contributed by atoms with Gasteiger partial charge in [0.05, 0.1) is 0 Å². The molecule has 222 valence electrons. The highest BCUT2D eigenvalue weighted by atomic mass is 35.5. The molecule has 0 spiro atoms. The highest BCUT2D eigenvalue weighted by Crippen LogP contribution is 2.40. The van der Waals surface area contributed by atoms with E-state index in [0.717, 1.165) is 5.56 Å². The lowest BCUT2D eigenvalue weighted by molar-refractivity contribution is -0.143. The van der Waals surface area contributed by atoms with Crippen molar-refractivity contribution < 1.29 is 33.4 Å². The number of hydrogen-bond acceptors (Lipinski definition) is 5. The number of hydrogen-bond donors (Lipinski definition) is 4. The molecular formula is C30H37ClFN3O6. The third-order valence-electron chi connectivity index (χ3n) is 7.24. The number of carboxylic acid groups (broad SMARTS) is 1. The van der Waals surface area contributed by atoms with Crippen LogP contribution in [0.5, 0.6) is 0 Å². The minimum atomic E-state index is -1.31. The molecule has 1 heterocycles. The second kappa shape index (κ2) is 13.8. The summed E-state index contributed by atoms with van der Waals surface area (Å²) in [5.74, 6) is -3.24. The predicted octanol–water partition coefficient (Wildman–Crippen LogP) is 4.73. The van der Waals surface area contributed by atoms with Crippen molar-refractivity contribution in [3.63, 3.8) is 0 Å². The van der Waals surface area contributed by atoms with Crippen LogP contribution in [0.3, 0.4) is 0 Å². The van der Waals surface area contributed by atoms with Crippen LogP contribution >= 0.6 is 11.6 Å². The Kier molecular flexibility index (Phi) is 10.7. The molecule has 3 rings (SSSR count). The molecule has 4 atom stereocenters. The van der Waals surface area contributed by atoms with Gasteiger partial charge in [0, 0.05) is 22.9 Å². The first kappa shape index (κ1) is 31.9. The molecule has 0 aromatic heterocycles. The van der Waals surface area contributed by atoms with Crippen LogP contribution in [-0.2, 0) is 24.5 Å². The van der Waals surface area contributed by atoms with Crippen LogP contribution in [0.25, 0.3) is 0 Å². The molecule has 1 fully saturated rings. The van der Waals surface area contributed by atoms with Crippen LogP contribution < -0.4 is 16.0 Å². The van der Waals surface area contributed by atoms with Gasteiger partial charge >= 0.3 is 12.1 Å². The Morgan fingerprint density at radius 1 is 1.12 bits per heavy atom. The number of alkyl carbamates (subject to hydrolysis) is 1. The number of carboxylic acids is 1. The summed E-state index contributed by atoms with van der Waals surface area (Å²) < 4.78 is 19.6. The van der Waals surface area contributed by atoms with Gasteiger partial charge in [0.2, 0.25) is 11.8 Å². The fraction of sp³-hybridized carbons (Fsp3) is 0.467. The van der Waals surface area contributed by atoms with Crippen LogP contribution in [0.15, 0.2) is 48.5 Å². The summed E-state index contributed by atoms with van der Waals surface area (Å²) in [7, 11) is 0. The first-order chi connectivity index (χ1) is 19.3. The molecule has 0 aliphatic carbocycles. The molecule has 4 N–H and O–H groups in total. The third-order valence-corrected chi connectivity index (χ3v) is 7.47. The molecule has 0 saturated carbocycles. The number of nitrogens with one attached hydrogen (secondary N) is 3. The topological polar surface area (TPSA) is 134 Å². The molecule has 0 radical (unpaired) electrons. The first-order valence-electron chi connectivity index (χ1n) is 13.6. The third kappa shape index (κ3) is 8.66. The predicted molar refractivity (Wildman–Crippen MR) is 152 cm³/mol. The molecule has 11 heteroatoms. The maximum atomic E-state index is 13.7. The smallest absolute Gasteiger partial charge is 0.408 e. The average molecular weight is 590 g/mol. The van der Waals surface area contributed by atoms with Crippen LogP contribution in [0.4, 0.5) is 9.18 Å². The van der Waals surface area contributed by atoms with Gasteiger partial charge in [-0.2, -0.15) is 0 Å². The molecule has 2 aromatic carbocycles. The highest BCUT2D eigenvalue weighted by Gasteiger charge is 2.38. The standard InChI is InChI=1S/C30H37ClFN3O6/c1-17(2)14-23(27(37)34-24(28(38)39)15-19-12-13-33-26(19)36)35-29(40)41-25(18-8-10-22(32)11-9-18)30(3,4)20-6-5-7-21(31)16-20/h5-11,16-17,19,23-25H,12-15H2,1-4H3,(H,33,36)(H,34,37)(H,35,40)(H,38,39)/t19?,23-,24-,25?/m0/s1. The van der Waals surface area contributed by atoms with Gasteiger partial charge in [-0.15, -0.1) is 0 Å². The Hall–Kier alpha value is -3.66. The number of rotatable bonds is 12. The first-order valence-corrected chi connectivity index (χ1v) is 13.9. The Bertz CT molecular complexity index is 1250. The molecule has 9 nitrogen and oxygen atoms in total. The molecule has 1 aliphatic rings. The summed E-state index contributed by atoms with van der Waals surface area (Å²) >= 11 is 6.23. The van der Waals surface area contributed by atoms with Crippen molar-refractivity contribution in [1.82, 2.24) is 16.0 Å².